The van der Waals surface area contributed by atoms with Crippen molar-refractivity contribution in [3.63, 3.8) is 0 Å². The molecule has 0 aliphatic heterocycles. The fraction of sp³-hybridized carbons (Fsp3) is 0.417. The quantitative estimate of drug-likeness (QED) is 0.491. The highest BCUT2D eigenvalue weighted by Crippen LogP contribution is 2.17. The molecule has 2 rings (SSSR count). The standard InChI is InChI=1S/C24H31FN2O2/c1-2-3-4-5-9-17-23(28)27(20-13-7-6-8-14-20)19-12-18-26-24(29)21-15-10-11-16-22(21)25/h6-8,10-11,13-16H,2-5,9,12,17-19H2,1H3,(H,26,29). The third kappa shape index (κ3) is 7.68. The van der Waals surface area contributed by atoms with E-state index in [1.807, 2.05) is 30.3 Å². The molecule has 0 heterocycles. The van der Waals surface area contributed by atoms with E-state index in [1.54, 1.807) is 17.0 Å². The number of para-hydroxylation sites is 1. The lowest BCUT2D eigenvalue weighted by molar-refractivity contribution is -0.118. The van der Waals surface area contributed by atoms with Gasteiger partial charge >= 0.3 is 0 Å². The maximum absolute atomic E-state index is 13.7. The van der Waals surface area contributed by atoms with E-state index in [2.05, 4.69) is 12.2 Å². The zero-order chi connectivity index (χ0) is 20.9. The van der Waals surface area contributed by atoms with Crippen LogP contribution in [-0.4, -0.2) is 24.9 Å². The van der Waals surface area contributed by atoms with Gasteiger partial charge < -0.3 is 10.2 Å². The number of carbonyl (C=O) groups excluding carboxylic acids is 2. The second kappa shape index (κ2) is 12.7. The Morgan fingerprint density at radius 2 is 1.59 bits per heavy atom. The van der Waals surface area contributed by atoms with Crippen molar-refractivity contribution < 1.29 is 14.0 Å². The lowest BCUT2D eigenvalue weighted by Crippen LogP contribution is -2.34. The minimum absolute atomic E-state index is 0.0376. The van der Waals surface area contributed by atoms with Gasteiger partial charge in [0.05, 0.1) is 5.56 Å². The van der Waals surface area contributed by atoms with E-state index in [9.17, 15) is 14.0 Å². The predicted octanol–water partition coefficient (Wildman–Crippen LogP) is 5.34. The zero-order valence-electron chi connectivity index (χ0n) is 17.2. The summed E-state index contributed by atoms with van der Waals surface area (Å²) in [5, 5.41) is 2.73. The molecule has 0 unspecified atom stereocenters. The van der Waals surface area contributed by atoms with E-state index in [1.165, 1.54) is 25.0 Å². The van der Waals surface area contributed by atoms with E-state index in [4.69, 9.17) is 0 Å². The molecule has 0 saturated heterocycles. The van der Waals surface area contributed by atoms with Gasteiger partial charge in [0.15, 0.2) is 0 Å². The Morgan fingerprint density at radius 1 is 0.897 bits per heavy atom. The highest BCUT2D eigenvalue weighted by Gasteiger charge is 2.15. The van der Waals surface area contributed by atoms with Crippen LogP contribution in [0.2, 0.25) is 0 Å². The molecule has 0 fully saturated rings. The molecule has 0 aromatic heterocycles. The Kier molecular flexibility index (Phi) is 9.90. The van der Waals surface area contributed by atoms with Gasteiger partial charge in [0.25, 0.3) is 5.91 Å². The number of amides is 2. The van der Waals surface area contributed by atoms with Crippen LogP contribution < -0.4 is 10.2 Å². The molecule has 5 heteroatoms. The Morgan fingerprint density at radius 3 is 2.31 bits per heavy atom. The number of rotatable bonds is 12. The highest BCUT2D eigenvalue weighted by atomic mass is 19.1. The molecule has 2 amide bonds. The smallest absolute Gasteiger partial charge is 0.254 e. The van der Waals surface area contributed by atoms with Crippen molar-refractivity contribution in [1.82, 2.24) is 5.32 Å². The summed E-state index contributed by atoms with van der Waals surface area (Å²) in [6.45, 7) is 3.06. The molecule has 29 heavy (non-hydrogen) atoms. The highest BCUT2D eigenvalue weighted by molar-refractivity contribution is 5.94. The van der Waals surface area contributed by atoms with E-state index < -0.39 is 11.7 Å². The zero-order valence-corrected chi connectivity index (χ0v) is 17.2. The van der Waals surface area contributed by atoms with Gasteiger partial charge in [0.2, 0.25) is 5.91 Å². The Balaban J connectivity index is 1.85. The van der Waals surface area contributed by atoms with Crippen LogP contribution in [0, 0.1) is 5.82 Å². The fourth-order valence-corrected chi connectivity index (χ4v) is 3.20. The van der Waals surface area contributed by atoms with Crippen molar-refractivity contribution in [1.29, 1.82) is 0 Å². The Labute approximate surface area is 173 Å². The van der Waals surface area contributed by atoms with Crippen molar-refractivity contribution in [3.8, 4) is 0 Å². The fourth-order valence-electron chi connectivity index (χ4n) is 3.20. The van der Waals surface area contributed by atoms with Crippen LogP contribution in [0.1, 0.15) is 62.2 Å². The van der Waals surface area contributed by atoms with Crippen LogP contribution in [0.4, 0.5) is 10.1 Å². The maximum Gasteiger partial charge on any atom is 0.254 e. The molecule has 0 radical (unpaired) electrons. The molecule has 2 aromatic rings. The van der Waals surface area contributed by atoms with E-state index in [0.29, 0.717) is 25.9 Å². The third-order valence-electron chi connectivity index (χ3n) is 4.83. The monoisotopic (exact) mass is 398 g/mol. The molecule has 0 spiro atoms. The van der Waals surface area contributed by atoms with Gasteiger partial charge in [-0.15, -0.1) is 0 Å². The summed E-state index contributed by atoms with van der Waals surface area (Å²) in [5.41, 5.74) is 0.905. The summed E-state index contributed by atoms with van der Waals surface area (Å²) in [6.07, 6.45) is 6.64. The average Bonchev–Trinajstić information content (AvgIpc) is 2.74. The van der Waals surface area contributed by atoms with E-state index in [-0.39, 0.29) is 11.5 Å². The van der Waals surface area contributed by atoms with Gasteiger partial charge in [-0.2, -0.15) is 0 Å². The van der Waals surface area contributed by atoms with Gasteiger partial charge in [-0.1, -0.05) is 62.9 Å². The second-order valence-electron chi connectivity index (χ2n) is 7.13. The first-order valence-electron chi connectivity index (χ1n) is 10.5. The van der Waals surface area contributed by atoms with Gasteiger partial charge in [0.1, 0.15) is 5.82 Å². The first kappa shape index (κ1) is 22.6. The first-order chi connectivity index (χ1) is 14.1. The van der Waals surface area contributed by atoms with Gasteiger partial charge in [-0.05, 0) is 37.1 Å². The normalized spacial score (nSPS) is 10.6. The SMILES string of the molecule is CCCCCCCC(=O)N(CCCNC(=O)c1ccccc1F)c1ccccc1. The number of unbranched alkanes of at least 4 members (excludes halogenated alkanes) is 4. The summed E-state index contributed by atoms with van der Waals surface area (Å²) >= 11 is 0. The van der Waals surface area contributed by atoms with Crippen LogP contribution in [0.5, 0.6) is 0 Å². The third-order valence-corrected chi connectivity index (χ3v) is 4.83. The van der Waals surface area contributed by atoms with Gasteiger partial charge in [-0.3, -0.25) is 9.59 Å². The molecule has 0 aliphatic carbocycles. The van der Waals surface area contributed by atoms with Crippen LogP contribution in [-0.2, 0) is 4.79 Å². The number of hydrogen-bond acceptors (Lipinski definition) is 2. The van der Waals surface area contributed by atoms with Crippen molar-refractivity contribution >= 4 is 17.5 Å². The summed E-state index contributed by atoms with van der Waals surface area (Å²) < 4.78 is 13.7. The topological polar surface area (TPSA) is 49.4 Å². The molecule has 156 valence electrons. The first-order valence-corrected chi connectivity index (χ1v) is 10.5. The summed E-state index contributed by atoms with van der Waals surface area (Å²) in [6, 6.07) is 15.5. The minimum atomic E-state index is -0.533. The van der Waals surface area contributed by atoms with E-state index >= 15 is 0 Å². The van der Waals surface area contributed by atoms with Crippen molar-refractivity contribution in [3.05, 3.63) is 66.0 Å². The van der Waals surface area contributed by atoms with Gasteiger partial charge in [0, 0.05) is 25.2 Å². The molecule has 4 nitrogen and oxygen atoms in total. The van der Waals surface area contributed by atoms with Crippen LogP contribution in [0.3, 0.4) is 0 Å². The number of nitrogens with zero attached hydrogens (tertiary/aromatic N) is 1. The van der Waals surface area contributed by atoms with Crippen molar-refractivity contribution in [2.75, 3.05) is 18.0 Å². The molecule has 1 N–H and O–H groups in total. The number of anilines is 1. The number of carbonyl (C=O) groups is 2. The molecule has 2 aromatic carbocycles. The molecular formula is C24H31FN2O2. The number of nitrogens with one attached hydrogen (secondary N) is 1. The largest absolute Gasteiger partial charge is 0.352 e. The second-order valence-corrected chi connectivity index (χ2v) is 7.13. The number of hydrogen-bond donors (Lipinski definition) is 1. The van der Waals surface area contributed by atoms with Crippen molar-refractivity contribution in [2.45, 2.75) is 51.9 Å². The number of benzene rings is 2. The predicted molar refractivity (Wildman–Crippen MR) is 116 cm³/mol. The summed E-state index contributed by atoms with van der Waals surface area (Å²) in [4.78, 5) is 26.7. The maximum atomic E-state index is 13.7. The van der Waals surface area contributed by atoms with E-state index in [0.717, 1.165) is 24.9 Å². The van der Waals surface area contributed by atoms with Crippen molar-refractivity contribution in [2.24, 2.45) is 0 Å². The van der Waals surface area contributed by atoms with Crippen LogP contribution in [0.25, 0.3) is 0 Å². The average molecular weight is 399 g/mol. The molecule has 0 saturated carbocycles. The minimum Gasteiger partial charge on any atom is -0.352 e. The van der Waals surface area contributed by atoms with Crippen LogP contribution >= 0.6 is 0 Å². The summed E-state index contributed by atoms with van der Waals surface area (Å²) in [7, 11) is 0. The Bertz CT molecular complexity index is 764. The lowest BCUT2D eigenvalue weighted by atomic mass is 10.1. The summed E-state index contributed by atoms with van der Waals surface area (Å²) in [5.74, 6) is -0.862. The number of halogens is 1. The van der Waals surface area contributed by atoms with Gasteiger partial charge in [-0.25, -0.2) is 4.39 Å². The molecule has 0 bridgehead atoms. The Hall–Kier alpha value is -2.69. The molecule has 0 atom stereocenters. The lowest BCUT2D eigenvalue weighted by Gasteiger charge is -2.23. The molecular weight excluding hydrogens is 367 g/mol. The molecule has 0 aliphatic rings. The van der Waals surface area contributed by atoms with Crippen LogP contribution in [0.15, 0.2) is 54.6 Å².